The van der Waals surface area contributed by atoms with Crippen molar-refractivity contribution in [1.29, 1.82) is 0 Å². The molecule has 3 rings (SSSR count). The van der Waals surface area contributed by atoms with Crippen LogP contribution >= 0.6 is 0 Å². The number of carbonyl (C=O) groups is 2. The number of rotatable bonds is 0. The van der Waals surface area contributed by atoms with Crippen LogP contribution in [0.25, 0.3) is 0 Å². The van der Waals surface area contributed by atoms with Crippen molar-refractivity contribution in [3.63, 3.8) is 0 Å². The molecule has 3 aliphatic carbocycles. The van der Waals surface area contributed by atoms with Gasteiger partial charge in [0.05, 0.1) is 6.42 Å². The van der Waals surface area contributed by atoms with Gasteiger partial charge in [-0.1, -0.05) is 11.1 Å². The van der Waals surface area contributed by atoms with E-state index in [0.29, 0.717) is 11.8 Å². The lowest BCUT2D eigenvalue weighted by Crippen LogP contribution is -2.24. The Kier molecular flexibility index (Phi) is 1.74. The number of Topliss-reactive ketones (excluding diaryl/α,β-unsaturated/α-hetero) is 2. The molecule has 0 aliphatic heterocycles. The van der Waals surface area contributed by atoms with Crippen molar-refractivity contribution in [3.8, 4) is 0 Å². The highest BCUT2D eigenvalue weighted by Gasteiger charge is 2.59. The van der Waals surface area contributed by atoms with Crippen LogP contribution in [0.4, 0.5) is 0 Å². The lowest BCUT2D eigenvalue weighted by Gasteiger charge is -2.20. The van der Waals surface area contributed by atoms with Crippen LogP contribution in [-0.2, 0) is 9.59 Å². The summed E-state index contributed by atoms with van der Waals surface area (Å²) >= 11 is 0. The van der Waals surface area contributed by atoms with Crippen molar-refractivity contribution in [2.45, 2.75) is 33.1 Å². The second kappa shape index (κ2) is 2.81. The average Bonchev–Trinajstić information content (AvgIpc) is 2.77. The maximum Gasteiger partial charge on any atom is 0.144 e. The molecule has 3 aliphatic rings. The van der Waals surface area contributed by atoms with Gasteiger partial charge < -0.3 is 0 Å². The summed E-state index contributed by atoms with van der Waals surface area (Å²) < 4.78 is 0. The molecule has 3 saturated carbocycles. The van der Waals surface area contributed by atoms with Crippen molar-refractivity contribution < 1.29 is 9.59 Å². The third-order valence-corrected chi connectivity index (χ3v) is 4.51. The maximum absolute atomic E-state index is 11.8. The first-order chi connectivity index (χ1) is 7.11. The Balaban J connectivity index is 2.10. The predicted octanol–water partition coefficient (Wildman–Crippen LogP) is 2.14. The van der Waals surface area contributed by atoms with Crippen LogP contribution in [0, 0.1) is 23.7 Å². The van der Waals surface area contributed by atoms with E-state index in [-0.39, 0.29) is 29.8 Å². The molecule has 0 heterocycles. The molecule has 3 fully saturated rings. The van der Waals surface area contributed by atoms with Gasteiger partial charge in [0.1, 0.15) is 11.6 Å². The van der Waals surface area contributed by atoms with Crippen LogP contribution in [0.3, 0.4) is 0 Å². The summed E-state index contributed by atoms with van der Waals surface area (Å²) in [4.78, 5) is 23.6. The Bertz CT molecular complexity index is 357. The van der Waals surface area contributed by atoms with Gasteiger partial charge in [0.25, 0.3) is 0 Å². The highest BCUT2D eigenvalue weighted by Crippen LogP contribution is 2.59. The Morgan fingerprint density at radius 3 is 1.87 bits per heavy atom. The minimum Gasteiger partial charge on any atom is -0.299 e. The minimum atomic E-state index is 0.0705. The van der Waals surface area contributed by atoms with Gasteiger partial charge in [-0.15, -0.1) is 0 Å². The van der Waals surface area contributed by atoms with E-state index in [9.17, 15) is 9.59 Å². The van der Waals surface area contributed by atoms with Gasteiger partial charge in [-0.05, 0) is 38.5 Å². The number of fused-ring (bicyclic) bond motifs is 5. The van der Waals surface area contributed by atoms with Gasteiger partial charge in [0.15, 0.2) is 0 Å². The summed E-state index contributed by atoms with van der Waals surface area (Å²) in [6.45, 7) is 4.24. The molecule has 15 heavy (non-hydrogen) atoms. The summed E-state index contributed by atoms with van der Waals surface area (Å²) in [5.41, 5.74) is 2.80. The Morgan fingerprint density at radius 2 is 1.47 bits per heavy atom. The Hall–Kier alpha value is -0.920. The summed E-state index contributed by atoms with van der Waals surface area (Å²) in [6.07, 6.45) is 2.48. The fourth-order valence-electron chi connectivity index (χ4n) is 4.19. The standard InChI is InChI=1S/C13H16O2/c1-6(2)11-7-3-4-8(11)13-10(15)5-9(14)12(7)13/h7-8,12-13H,3-5H2,1-2H3/t7-,8+,12?,13?. The molecule has 0 aromatic heterocycles. The van der Waals surface area contributed by atoms with E-state index in [1.165, 1.54) is 11.1 Å². The Morgan fingerprint density at radius 1 is 1.00 bits per heavy atom. The summed E-state index contributed by atoms with van der Waals surface area (Å²) in [6, 6.07) is 0. The second-order valence-corrected chi connectivity index (χ2v) is 5.41. The maximum atomic E-state index is 11.8. The summed E-state index contributed by atoms with van der Waals surface area (Å²) in [5, 5.41) is 0. The molecule has 4 atom stereocenters. The first-order valence-corrected chi connectivity index (χ1v) is 5.84. The topological polar surface area (TPSA) is 34.1 Å². The molecular formula is C13H16O2. The quantitative estimate of drug-likeness (QED) is 0.447. The fraction of sp³-hybridized carbons (Fsp3) is 0.692. The molecule has 2 bridgehead atoms. The number of allylic oxidation sites excluding steroid dienone is 2. The molecule has 0 aromatic carbocycles. The zero-order valence-corrected chi connectivity index (χ0v) is 9.25. The number of hydrogen-bond acceptors (Lipinski definition) is 2. The van der Waals surface area contributed by atoms with E-state index in [1.807, 2.05) is 0 Å². The molecule has 0 amide bonds. The van der Waals surface area contributed by atoms with E-state index in [2.05, 4.69) is 13.8 Å². The van der Waals surface area contributed by atoms with E-state index >= 15 is 0 Å². The summed E-state index contributed by atoms with van der Waals surface area (Å²) in [5.74, 6) is 1.42. The monoisotopic (exact) mass is 204 g/mol. The van der Waals surface area contributed by atoms with Gasteiger partial charge in [-0.2, -0.15) is 0 Å². The summed E-state index contributed by atoms with van der Waals surface area (Å²) in [7, 11) is 0. The van der Waals surface area contributed by atoms with Crippen molar-refractivity contribution in [1.82, 2.24) is 0 Å². The minimum absolute atomic E-state index is 0.0705. The number of hydrogen-bond donors (Lipinski definition) is 0. The SMILES string of the molecule is CC(C)=C1[C@H]2CC[C@@H]1C1C(=O)CC(=O)C12. The largest absolute Gasteiger partial charge is 0.299 e. The van der Waals surface area contributed by atoms with Crippen LogP contribution in [0.15, 0.2) is 11.1 Å². The molecule has 2 unspecified atom stereocenters. The molecule has 80 valence electrons. The third-order valence-electron chi connectivity index (χ3n) is 4.51. The van der Waals surface area contributed by atoms with Crippen LogP contribution in [-0.4, -0.2) is 11.6 Å². The first kappa shape index (κ1) is 9.32. The van der Waals surface area contributed by atoms with Gasteiger partial charge >= 0.3 is 0 Å². The zero-order chi connectivity index (χ0) is 10.7. The van der Waals surface area contributed by atoms with E-state index in [4.69, 9.17) is 0 Å². The fourth-order valence-corrected chi connectivity index (χ4v) is 4.19. The van der Waals surface area contributed by atoms with E-state index in [1.54, 1.807) is 0 Å². The molecule has 2 nitrogen and oxygen atoms in total. The number of ketones is 2. The molecule has 0 radical (unpaired) electrons. The van der Waals surface area contributed by atoms with Gasteiger partial charge in [0.2, 0.25) is 0 Å². The van der Waals surface area contributed by atoms with Crippen LogP contribution in [0.2, 0.25) is 0 Å². The molecule has 0 aromatic rings. The van der Waals surface area contributed by atoms with E-state index in [0.717, 1.165) is 12.8 Å². The van der Waals surface area contributed by atoms with Crippen LogP contribution in [0.1, 0.15) is 33.1 Å². The van der Waals surface area contributed by atoms with Crippen molar-refractivity contribution >= 4 is 11.6 Å². The van der Waals surface area contributed by atoms with Crippen molar-refractivity contribution in [2.75, 3.05) is 0 Å². The lowest BCUT2D eigenvalue weighted by atomic mass is 9.81. The van der Waals surface area contributed by atoms with Crippen molar-refractivity contribution in [2.24, 2.45) is 23.7 Å². The molecular weight excluding hydrogens is 188 g/mol. The second-order valence-electron chi connectivity index (χ2n) is 5.41. The first-order valence-electron chi connectivity index (χ1n) is 5.84. The molecule has 0 spiro atoms. The predicted molar refractivity (Wildman–Crippen MR) is 56.2 cm³/mol. The van der Waals surface area contributed by atoms with E-state index < -0.39 is 0 Å². The highest BCUT2D eigenvalue weighted by molar-refractivity contribution is 6.10. The normalized spacial score (nSPS) is 42.7. The smallest absolute Gasteiger partial charge is 0.144 e. The average molecular weight is 204 g/mol. The highest BCUT2D eigenvalue weighted by atomic mass is 16.2. The molecule has 0 saturated heterocycles. The van der Waals surface area contributed by atoms with Gasteiger partial charge in [-0.25, -0.2) is 0 Å². The van der Waals surface area contributed by atoms with Crippen LogP contribution < -0.4 is 0 Å². The third kappa shape index (κ3) is 1.000. The lowest BCUT2D eigenvalue weighted by molar-refractivity contribution is -0.123. The van der Waals surface area contributed by atoms with Crippen molar-refractivity contribution in [3.05, 3.63) is 11.1 Å². The zero-order valence-electron chi connectivity index (χ0n) is 9.25. The number of carbonyl (C=O) groups excluding carboxylic acids is 2. The van der Waals surface area contributed by atoms with Crippen LogP contribution in [0.5, 0.6) is 0 Å². The van der Waals surface area contributed by atoms with Gasteiger partial charge in [-0.3, -0.25) is 9.59 Å². The molecule has 0 N–H and O–H groups in total. The van der Waals surface area contributed by atoms with Gasteiger partial charge in [0, 0.05) is 11.8 Å². The Labute approximate surface area is 89.7 Å². The molecule has 2 heteroatoms.